The molecular weight excluding hydrogens is 374 g/mol. The summed E-state index contributed by atoms with van der Waals surface area (Å²) in [5.41, 5.74) is 3.91. The Bertz CT molecular complexity index is 984. The Morgan fingerprint density at radius 2 is 2.00 bits per heavy atom. The van der Waals surface area contributed by atoms with Gasteiger partial charge in [-0.2, -0.15) is 5.10 Å². The number of ether oxygens (including phenoxy) is 2. The third-order valence-corrected chi connectivity index (χ3v) is 5.17. The molecule has 0 unspecified atom stereocenters. The monoisotopic (exact) mass is 397 g/mol. The number of hydrogen-bond donors (Lipinski definition) is 1. The van der Waals surface area contributed by atoms with Crippen LogP contribution in [0.15, 0.2) is 42.5 Å². The molecule has 146 valence electrons. The fourth-order valence-electron chi connectivity index (χ4n) is 3.67. The lowest BCUT2D eigenvalue weighted by atomic mass is 10.0. The largest absolute Gasteiger partial charge is 0.496 e. The normalized spacial score (nSPS) is 13.4. The summed E-state index contributed by atoms with van der Waals surface area (Å²) in [4.78, 5) is 0. The highest BCUT2D eigenvalue weighted by Crippen LogP contribution is 2.40. The minimum Gasteiger partial charge on any atom is -0.496 e. The second-order valence-electron chi connectivity index (χ2n) is 6.72. The average Bonchev–Trinajstić information content (AvgIpc) is 2.89. The van der Waals surface area contributed by atoms with Crippen LogP contribution in [0.4, 0.5) is 5.82 Å². The van der Waals surface area contributed by atoms with Crippen LogP contribution in [0, 0.1) is 0 Å². The van der Waals surface area contributed by atoms with Gasteiger partial charge in [-0.25, -0.2) is 4.68 Å². The summed E-state index contributed by atoms with van der Waals surface area (Å²) in [5.74, 6) is 2.59. The lowest BCUT2D eigenvalue weighted by Crippen LogP contribution is -2.08. The Balaban J connectivity index is 1.95. The third-order valence-electron chi connectivity index (χ3n) is 4.94. The van der Waals surface area contributed by atoms with Gasteiger partial charge in [0, 0.05) is 22.7 Å². The number of halogens is 1. The molecule has 0 aliphatic carbocycles. The van der Waals surface area contributed by atoms with Crippen LogP contribution in [0.25, 0.3) is 16.9 Å². The van der Waals surface area contributed by atoms with E-state index in [-0.39, 0.29) is 0 Å². The fourth-order valence-corrected chi connectivity index (χ4v) is 3.84. The molecule has 0 bridgehead atoms. The Hall–Kier alpha value is -2.66. The van der Waals surface area contributed by atoms with Gasteiger partial charge in [0.25, 0.3) is 0 Å². The number of methoxy groups -OCH3 is 1. The van der Waals surface area contributed by atoms with Gasteiger partial charge in [-0.3, -0.25) is 0 Å². The molecule has 0 saturated heterocycles. The molecule has 0 saturated carbocycles. The maximum absolute atomic E-state index is 6.30. The zero-order valence-corrected chi connectivity index (χ0v) is 16.9. The van der Waals surface area contributed by atoms with E-state index in [4.69, 9.17) is 26.2 Å². The minimum atomic E-state index is 0.600. The van der Waals surface area contributed by atoms with E-state index in [1.165, 1.54) is 5.56 Å². The number of aromatic nitrogens is 2. The Labute approximate surface area is 170 Å². The predicted octanol–water partition coefficient (Wildman–Crippen LogP) is 5.35. The summed E-state index contributed by atoms with van der Waals surface area (Å²) in [6, 6.07) is 13.6. The van der Waals surface area contributed by atoms with Crippen LogP contribution < -0.4 is 14.8 Å². The first-order valence-corrected chi connectivity index (χ1v) is 10.0. The molecule has 0 radical (unpaired) electrons. The van der Waals surface area contributed by atoms with Crippen molar-refractivity contribution in [3.05, 3.63) is 53.1 Å². The zero-order valence-electron chi connectivity index (χ0n) is 16.2. The van der Waals surface area contributed by atoms with Gasteiger partial charge < -0.3 is 14.8 Å². The molecule has 5 nitrogen and oxygen atoms in total. The highest BCUT2D eigenvalue weighted by Gasteiger charge is 2.25. The first-order valence-electron chi connectivity index (χ1n) is 9.64. The number of hydrogen-bond acceptors (Lipinski definition) is 4. The average molecular weight is 398 g/mol. The molecule has 0 atom stereocenters. The molecule has 2 heterocycles. The van der Waals surface area contributed by atoms with Crippen molar-refractivity contribution >= 4 is 17.4 Å². The summed E-state index contributed by atoms with van der Waals surface area (Å²) in [5, 5.41) is 9.24. The smallest absolute Gasteiger partial charge is 0.145 e. The molecule has 3 aromatic rings. The van der Waals surface area contributed by atoms with E-state index >= 15 is 0 Å². The lowest BCUT2D eigenvalue weighted by Gasteiger charge is -2.13. The van der Waals surface area contributed by atoms with Crippen molar-refractivity contribution in [2.45, 2.75) is 26.2 Å². The second kappa shape index (κ2) is 8.15. The van der Waals surface area contributed by atoms with Crippen molar-refractivity contribution in [3.63, 3.8) is 0 Å². The Morgan fingerprint density at radius 1 is 1.14 bits per heavy atom. The zero-order chi connectivity index (χ0) is 19.5. The van der Waals surface area contributed by atoms with Crippen LogP contribution in [0.5, 0.6) is 11.5 Å². The first kappa shape index (κ1) is 18.7. The molecule has 1 N–H and O–H groups in total. The van der Waals surface area contributed by atoms with Crippen LogP contribution in [0.3, 0.4) is 0 Å². The summed E-state index contributed by atoms with van der Waals surface area (Å²) in [6.45, 7) is 3.51. The van der Waals surface area contributed by atoms with E-state index in [1.54, 1.807) is 7.11 Å². The number of nitrogens with zero attached hydrogens (tertiary/aromatic N) is 2. The number of anilines is 1. The van der Waals surface area contributed by atoms with Crippen LogP contribution in [0.2, 0.25) is 5.02 Å². The highest BCUT2D eigenvalue weighted by molar-refractivity contribution is 6.31. The summed E-state index contributed by atoms with van der Waals surface area (Å²) < 4.78 is 13.4. The van der Waals surface area contributed by atoms with E-state index in [0.29, 0.717) is 11.6 Å². The molecule has 6 heteroatoms. The first-order chi connectivity index (χ1) is 13.7. The SMILES string of the molecule is CCOc1ccccc1-n1nc(-c2cc(Cl)ccc2OC)c2c1NCCCC2. The maximum atomic E-state index is 6.30. The van der Waals surface area contributed by atoms with Crippen LogP contribution in [0.1, 0.15) is 25.3 Å². The quantitative estimate of drug-likeness (QED) is 0.630. The van der Waals surface area contributed by atoms with Crippen molar-refractivity contribution < 1.29 is 9.47 Å². The molecule has 4 rings (SSSR count). The van der Waals surface area contributed by atoms with E-state index in [2.05, 4.69) is 5.32 Å². The van der Waals surface area contributed by atoms with Gasteiger partial charge >= 0.3 is 0 Å². The van der Waals surface area contributed by atoms with Crippen molar-refractivity contribution in [2.24, 2.45) is 0 Å². The molecule has 1 aromatic heterocycles. The van der Waals surface area contributed by atoms with Gasteiger partial charge in [0.2, 0.25) is 0 Å². The third kappa shape index (κ3) is 3.42. The number of benzene rings is 2. The molecule has 0 fully saturated rings. The molecular formula is C22H24ClN3O2. The van der Waals surface area contributed by atoms with Crippen LogP contribution >= 0.6 is 11.6 Å². The number of fused-ring (bicyclic) bond motifs is 1. The predicted molar refractivity (Wildman–Crippen MR) is 113 cm³/mol. The molecule has 0 amide bonds. The van der Waals surface area contributed by atoms with Crippen LogP contribution in [-0.4, -0.2) is 30.0 Å². The summed E-state index contributed by atoms with van der Waals surface area (Å²) in [6.07, 6.45) is 3.17. The van der Waals surface area contributed by atoms with E-state index in [1.807, 2.05) is 54.1 Å². The minimum absolute atomic E-state index is 0.600. The summed E-state index contributed by atoms with van der Waals surface area (Å²) >= 11 is 6.30. The van der Waals surface area contributed by atoms with Crippen molar-refractivity contribution in [1.82, 2.24) is 9.78 Å². The van der Waals surface area contributed by atoms with E-state index < -0.39 is 0 Å². The van der Waals surface area contributed by atoms with Crippen LogP contribution in [-0.2, 0) is 6.42 Å². The lowest BCUT2D eigenvalue weighted by molar-refractivity contribution is 0.338. The van der Waals surface area contributed by atoms with Gasteiger partial charge in [-0.05, 0) is 56.5 Å². The fraction of sp³-hybridized carbons (Fsp3) is 0.318. The molecule has 2 aromatic carbocycles. The number of nitrogens with one attached hydrogen (secondary N) is 1. The van der Waals surface area contributed by atoms with E-state index in [9.17, 15) is 0 Å². The molecule has 1 aliphatic rings. The Kier molecular flexibility index (Phi) is 5.44. The Morgan fingerprint density at radius 3 is 2.82 bits per heavy atom. The number of rotatable bonds is 5. The van der Waals surface area contributed by atoms with Gasteiger partial charge in [-0.15, -0.1) is 0 Å². The van der Waals surface area contributed by atoms with Gasteiger partial charge in [-0.1, -0.05) is 23.7 Å². The van der Waals surface area contributed by atoms with E-state index in [0.717, 1.165) is 60.1 Å². The molecule has 1 aliphatic heterocycles. The highest BCUT2D eigenvalue weighted by atomic mass is 35.5. The van der Waals surface area contributed by atoms with Crippen molar-refractivity contribution in [1.29, 1.82) is 0 Å². The van der Waals surface area contributed by atoms with Gasteiger partial charge in [0.05, 0.1) is 13.7 Å². The maximum Gasteiger partial charge on any atom is 0.145 e. The van der Waals surface area contributed by atoms with Crippen molar-refractivity contribution in [2.75, 3.05) is 25.6 Å². The van der Waals surface area contributed by atoms with Gasteiger partial charge in [0.1, 0.15) is 28.7 Å². The second-order valence-corrected chi connectivity index (χ2v) is 7.15. The van der Waals surface area contributed by atoms with Gasteiger partial charge in [0.15, 0.2) is 0 Å². The number of para-hydroxylation sites is 2. The molecule has 28 heavy (non-hydrogen) atoms. The van der Waals surface area contributed by atoms with Crippen molar-refractivity contribution in [3.8, 4) is 28.4 Å². The molecule has 0 spiro atoms. The standard InChI is InChI=1S/C22H24ClN3O2/c1-3-28-20-10-5-4-9-18(20)26-22-16(8-6-7-13-24-22)21(25-26)17-14-15(23)11-12-19(17)27-2/h4-5,9-12,14,24H,3,6-8,13H2,1-2H3. The summed E-state index contributed by atoms with van der Waals surface area (Å²) in [7, 11) is 1.67. The topological polar surface area (TPSA) is 48.3 Å².